The van der Waals surface area contributed by atoms with Crippen molar-refractivity contribution in [2.75, 3.05) is 0 Å². The van der Waals surface area contributed by atoms with Gasteiger partial charge in [0.2, 0.25) is 0 Å². The van der Waals surface area contributed by atoms with E-state index in [9.17, 15) is 49.8 Å². The molecule has 3 aliphatic heterocycles. The number of para-hydroxylation sites is 3. The molecular formula is C66H50N5O14PS5. The zero-order valence-electron chi connectivity index (χ0n) is 48.2. The Balaban J connectivity index is 0.000000144. The van der Waals surface area contributed by atoms with Crippen LogP contribution in [0, 0.1) is 35.8 Å². The highest BCUT2D eigenvalue weighted by atomic mass is 32.2. The minimum atomic E-state index is -0.465. The standard InChI is InChI=1S/C21H20N2O4.C15H10N2O4S.C15H9NO4S2.C15H11O2PS2/c1-21(2,3)14-8-10-19(24)17(12-14)22-13-15-9-11-20(27-15)16-6-4-5-7-18(16)23(25)26;16-15-8-12(18)14(22-15)7-9-5-6-13(21-9)10-3-1-2-4-11(10)17(19)20;17-12-8-15(21)22-14(12)7-9-5-6-13(20-9)10-3-1-2-4-11(10)16(18)19;16-12-8-15(19)20-14(12)7-10-4-5-13(17-10)9-2-1-3-11(18)6-9/h4-13,24H,1-3H3;1-7,16H,8H2;1-7H,8H2;1-7H,8,18H2/b;14-7-,16-15?;2*14-7-. The smallest absolute Gasteiger partial charge is 0.280 e. The number of ketones is 3. The topological polar surface area (TPSA) is 290 Å². The molecule has 0 bridgehead atoms. The van der Waals surface area contributed by atoms with Crippen LogP contribution in [0.25, 0.3) is 63.5 Å². The van der Waals surface area contributed by atoms with Gasteiger partial charge in [0.05, 0.1) is 85.1 Å². The molecule has 19 nitrogen and oxygen atoms in total. The van der Waals surface area contributed by atoms with Crippen molar-refractivity contribution >= 4 is 152 Å². The van der Waals surface area contributed by atoms with E-state index in [2.05, 4.69) is 35.0 Å². The second-order valence-corrected chi connectivity index (χ2v) is 26.3. The first-order valence-corrected chi connectivity index (χ1v) is 31.1. The van der Waals surface area contributed by atoms with Gasteiger partial charge in [0, 0.05) is 23.8 Å². The number of rotatable bonds is 12. The van der Waals surface area contributed by atoms with Gasteiger partial charge in [-0.1, -0.05) is 141 Å². The van der Waals surface area contributed by atoms with Crippen LogP contribution in [-0.4, -0.2) is 56.9 Å². The van der Waals surface area contributed by atoms with Crippen LogP contribution in [0.2, 0.25) is 0 Å². The normalized spacial score (nSPS) is 15.2. The first kappa shape index (κ1) is 65.9. The molecule has 0 aliphatic carbocycles. The summed E-state index contributed by atoms with van der Waals surface area (Å²) < 4.78 is 24.0. The summed E-state index contributed by atoms with van der Waals surface area (Å²) in [4.78, 5) is 72.9. The number of nitro groups is 3. The molecule has 91 heavy (non-hydrogen) atoms. The maximum absolute atomic E-state index is 11.7. The lowest BCUT2D eigenvalue weighted by Crippen LogP contribution is -2.10. The van der Waals surface area contributed by atoms with E-state index < -0.39 is 14.8 Å². The lowest BCUT2D eigenvalue weighted by Gasteiger charge is -2.19. The van der Waals surface area contributed by atoms with Crippen molar-refractivity contribution in [3.63, 3.8) is 0 Å². The van der Waals surface area contributed by atoms with E-state index in [1.165, 1.54) is 47.9 Å². The average Bonchev–Trinajstić information content (AvgIpc) is 1.90. The zero-order valence-corrected chi connectivity index (χ0v) is 53.4. The van der Waals surface area contributed by atoms with Gasteiger partial charge in [0.15, 0.2) is 17.3 Å². The third-order valence-electron chi connectivity index (χ3n) is 13.2. The van der Waals surface area contributed by atoms with Gasteiger partial charge in [0.25, 0.3) is 17.1 Å². The summed E-state index contributed by atoms with van der Waals surface area (Å²) in [5.41, 5.74) is 3.54. The maximum atomic E-state index is 11.7. The quantitative estimate of drug-likeness (QED) is 0.0287. The number of aromatic hydroxyl groups is 1. The fraction of sp³-hybridized carbons (Fsp3) is 0.106. The number of nitrogens with zero attached hydrogens (tertiary/aromatic N) is 4. The summed E-state index contributed by atoms with van der Waals surface area (Å²) >= 11 is 13.8. The number of furan rings is 4. The largest absolute Gasteiger partial charge is 0.506 e. The number of thioether (sulfide) groups is 3. The minimum Gasteiger partial charge on any atom is -0.506 e. The monoisotopic (exact) mass is 1330 g/mol. The summed E-state index contributed by atoms with van der Waals surface area (Å²) in [6.45, 7) is 6.25. The molecule has 0 radical (unpaired) electrons. The van der Waals surface area contributed by atoms with E-state index in [0.717, 1.165) is 38.2 Å². The number of aliphatic imine (C=N–C) groups is 1. The molecule has 0 spiro atoms. The van der Waals surface area contributed by atoms with Crippen molar-refractivity contribution in [2.45, 2.75) is 45.4 Å². The van der Waals surface area contributed by atoms with Crippen molar-refractivity contribution < 1.29 is 51.9 Å². The molecule has 3 saturated heterocycles. The third kappa shape index (κ3) is 17.2. The number of hydrogen-bond acceptors (Lipinski definition) is 21. The lowest BCUT2D eigenvalue weighted by atomic mass is 9.87. The zero-order chi connectivity index (χ0) is 65.1. The van der Waals surface area contributed by atoms with Gasteiger partial charge in [-0.2, -0.15) is 0 Å². The number of carbonyl (C=O) groups excluding carboxylic acids is 3. The Bertz CT molecular complexity index is 4390. The van der Waals surface area contributed by atoms with Crippen LogP contribution < -0.4 is 5.30 Å². The number of thiocarbonyl (C=S) groups is 2. The molecule has 1 unspecified atom stereocenters. The Hall–Kier alpha value is -9.55. The van der Waals surface area contributed by atoms with Crippen molar-refractivity contribution in [2.24, 2.45) is 4.99 Å². The van der Waals surface area contributed by atoms with E-state index in [4.69, 9.17) is 47.5 Å². The fourth-order valence-corrected chi connectivity index (χ4v) is 12.3. The molecule has 458 valence electrons. The van der Waals surface area contributed by atoms with E-state index in [1.807, 2.05) is 48.5 Å². The highest BCUT2D eigenvalue weighted by Gasteiger charge is 2.27. The van der Waals surface area contributed by atoms with Crippen LogP contribution in [0.15, 0.2) is 201 Å². The van der Waals surface area contributed by atoms with Gasteiger partial charge in [-0.3, -0.25) is 50.1 Å². The van der Waals surface area contributed by atoms with Crippen LogP contribution >= 0.6 is 69.0 Å². The van der Waals surface area contributed by atoms with E-state index >= 15 is 0 Å². The second kappa shape index (κ2) is 29.4. The molecule has 5 aromatic carbocycles. The van der Waals surface area contributed by atoms with Gasteiger partial charge in [0.1, 0.15) is 57.5 Å². The van der Waals surface area contributed by atoms with Crippen molar-refractivity contribution in [1.29, 1.82) is 5.41 Å². The molecule has 9 aromatic rings. The van der Waals surface area contributed by atoms with Crippen LogP contribution in [0.1, 0.15) is 68.6 Å². The van der Waals surface area contributed by atoms with Gasteiger partial charge < -0.3 is 22.8 Å². The molecule has 25 heteroatoms. The Morgan fingerprint density at radius 3 is 1.34 bits per heavy atom. The van der Waals surface area contributed by atoms with E-state index in [0.29, 0.717) is 93.1 Å². The molecular weight excluding hydrogens is 1280 g/mol. The number of nitrogens with one attached hydrogen (secondary N) is 1. The number of allylic oxidation sites excluding steroid dienone is 3. The first-order chi connectivity index (χ1) is 43.5. The lowest BCUT2D eigenvalue weighted by molar-refractivity contribution is -0.384. The Morgan fingerprint density at radius 1 is 0.527 bits per heavy atom. The molecule has 12 rings (SSSR count). The summed E-state index contributed by atoms with van der Waals surface area (Å²) in [6, 6.07) is 46.1. The first-order valence-electron chi connectivity index (χ1n) is 27.2. The predicted molar refractivity (Wildman–Crippen MR) is 368 cm³/mol. The minimum absolute atomic E-state index is 0.0224. The maximum Gasteiger partial charge on any atom is 0.280 e. The van der Waals surface area contributed by atoms with Crippen molar-refractivity contribution in [3.8, 4) is 51.0 Å². The van der Waals surface area contributed by atoms with Gasteiger partial charge in [-0.05, 0) is 119 Å². The van der Waals surface area contributed by atoms with Crippen LogP contribution in [0.4, 0.5) is 22.7 Å². The Morgan fingerprint density at radius 2 is 0.934 bits per heavy atom. The molecule has 1 atom stereocenters. The fourth-order valence-electron chi connectivity index (χ4n) is 8.79. The second-order valence-electron chi connectivity index (χ2n) is 20.8. The Kier molecular flexibility index (Phi) is 21.3. The predicted octanol–water partition coefficient (Wildman–Crippen LogP) is 17.5. The van der Waals surface area contributed by atoms with E-state index in [1.54, 1.807) is 115 Å². The number of phenols is 1. The van der Waals surface area contributed by atoms with Crippen molar-refractivity contribution in [1.82, 2.24) is 0 Å². The van der Waals surface area contributed by atoms with Crippen LogP contribution in [0.3, 0.4) is 0 Å². The number of phenolic OH excluding ortho intramolecular Hbond substituents is 1. The SMILES string of the molecule is CC(C)(C)c1ccc(O)c(N=Cc2ccc(-c3ccccc3[N+](=O)[O-])o2)c1.N=C1CC(=O)/C(=C/c2ccc(-c3ccccc3[N+](=O)[O-])o2)S1.O=C1CC(=S)S/C1=C\c1ccc(-c2cccc(P)c2)o1.O=C1CC(=S)S/C1=C\c1ccc(-c2ccccc2[N+](=O)[O-])o1. The summed E-state index contributed by atoms with van der Waals surface area (Å²) in [6.07, 6.45) is 7.17. The molecule has 7 heterocycles. The van der Waals surface area contributed by atoms with Crippen molar-refractivity contribution in [3.05, 3.63) is 237 Å². The number of Topliss-reactive ketones (excluding diaryl/α,β-unsaturated/α-hetero) is 3. The third-order valence-corrected chi connectivity index (χ3v) is 17.2. The molecule has 4 aromatic heterocycles. The summed E-state index contributed by atoms with van der Waals surface area (Å²) in [5, 5.41) is 52.2. The highest BCUT2D eigenvalue weighted by Crippen LogP contribution is 2.39. The van der Waals surface area contributed by atoms with Gasteiger partial charge in [-0.15, -0.1) is 9.24 Å². The Labute approximate surface area is 545 Å². The average molecular weight is 1330 g/mol. The summed E-state index contributed by atoms with van der Waals surface area (Å²) in [5.74, 6) is 3.94. The van der Waals surface area contributed by atoms with Crippen LogP contribution in [-0.2, 0) is 19.8 Å². The highest BCUT2D eigenvalue weighted by molar-refractivity contribution is 8.27. The van der Waals surface area contributed by atoms with Gasteiger partial charge in [-0.25, -0.2) is 4.99 Å². The molecule has 3 fully saturated rings. The molecule has 0 amide bonds. The van der Waals surface area contributed by atoms with Gasteiger partial charge >= 0.3 is 0 Å². The van der Waals surface area contributed by atoms with Crippen LogP contribution in [0.5, 0.6) is 5.75 Å². The number of nitro benzene ring substituents is 3. The van der Waals surface area contributed by atoms with E-state index in [-0.39, 0.29) is 58.4 Å². The number of carbonyl (C=O) groups is 3. The summed E-state index contributed by atoms with van der Waals surface area (Å²) in [7, 11) is 2.66. The molecule has 3 aliphatic rings. The molecule has 2 N–H and O–H groups in total. The number of benzene rings is 5. The molecule has 0 saturated carbocycles. The number of hydrogen-bond donors (Lipinski definition) is 2.